The van der Waals surface area contributed by atoms with Crippen LogP contribution in [0.3, 0.4) is 0 Å². The van der Waals surface area contributed by atoms with Crippen LogP contribution in [-0.2, 0) is 7.05 Å². The minimum Gasteiger partial charge on any atom is -0.496 e. The van der Waals surface area contributed by atoms with Gasteiger partial charge in [-0.05, 0) is 6.07 Å². The van der Waals surface area contributed by atoms with Crippen molar-refractivity contribution in [2.45, 2.75) is 0 Å². The van der Waals surface area contributed by atoms with E-state index in [0.29, 0.717) is 11.3 Å². The molecule has 15 heavy (non-hydrogen) atoms. The van der Waals surface area contributed by atoms with Gasteiger partial charge in [-0.25, -0.2) is 9.78 Å². The minimum absolute atomic E-state index is 0.128. The number of nitrogens with zero attached hydrogens (tertiary/aromatic N) is 2. The molecule has 1 N–H and O–H groups in total. The third-order valence-corrected chi connectivity index (χ3v) is 2.28. The first-order chi connectivity index (χ1) is 7.13. The zero-order chi connectivity index (χ0) is 11.0. The first-order valence-electron chi connectivity index (χ1n) is 4.36. The van der Waals surface area contributed by atoms with E-state index in [0.717, 1.165) is 5.52 Å². The molecule has 5 nitrogen and oxygen atoms in total. The van der Waals surface area contributed by atoms with Crippen molar-refractivity contribution in [3.8, 4) is 5.75 Å². The van der Waals surface area contributed by atoms with Crippen molar-refractivity contribution in [2.24, 2.45) is 7.05 Å². The summed E-state index contributed by atoms with van der Waals surface area (Å²) >= 11 is 0. The van der Waals surface area contributed by atoms with Crippen molar-refractivity contribution < 1.29 is 14.6 Å². The molecule has 2 aromatic rings. The van der Waals surface area contributed by atoms with E-state index in [1.807, 2.05) is 11.6 Å². The van der Waals surface area contributed by atoms with Crippen molar-refractivity contribution in [3.05, 3.63) is 24.0 Å². The Labute approximate surface area is 85.9 Å². The number of carboxylic acids is 1. The molecule has 0 aliphatic rings. The molecule has 0 saturated carbocycles. The number of carbonyl (C=O) groups is 1. The SMILES string of the molecule is COc1cc2c(cc1C(=O)O)ncn2C. The average molecular weight is 206 g/mol. The number of ether oxygens (including phenoxy) is 1. The van der Waals surface area contributed by atoms with Crippen LogP contribution in [0.2, 0.25) is 0 Å². The highest BCUT2D eigenvalue weighted by molar-refractivity contribution is 5.95. The van der Waals surface area contributed by atoms with Crippen LogP contribution in [-0.4, -0.2) is 27.7 Å². The number of benzene rings is 1. The lowest BCUT2D eigenvalue weighted by Gasteiger charge is -2.05. The molecule has 0 amide bonds. The largest absolute Gasteiger partial charge is 0.496 e. The number of aryl methyl sites for hydroxylation is 1. The molecule has 0 atom stereocenters. The topological polar surface area (TPSA) is 64.3 Å². The van der Waals surface area contributed by atoms with E-state index in [1.165, 1.54) is 13.2 Å². The normalized spacial score (nSPS) is 10.5. The van der Waals surface area contributed by atoms with Crippen LogP contribution in [0.5, 0.6) is 5.75 Å². The number of fused-ring (bicyclic) bond motifs is 1. The van der Waals surface area contributed by atoms with Gasteiger partial charge in [0.15, 0.2) is 0 Å². The Morgan fingerprint density at radius 3 is 2.87 bits per heavy atom. The molecular weight excluding hydrogens is 196 g/mol. The Kier molecular flexibility index (Phi) is 2.07. The zero-order valence-electron chi connectivity index (χ0n) is 8.39. The predicted octanol–water partition coefficient (Wildman–Crippen LogP) is 1.28. The fourth-order valence-corrected chi connectivity index (χ4v) is 1.49. The predicted molar refractivity (Wildman–Crippen MR) is 54.2 cm³/mol. The maximum Gasteiger partial charge on any atom is 0.339 e. The summed E-state index contributed by atoms with van der Waals surface area (Å²) in [6.45, 7) is 0. The van der Waals surface area contributed by atoms with E-state index in [2.05, 4.69) is 4.98 Å². The second kappa shape index (κ2) is 3.27. The van der Waals surface area contributed by atoms with Crippen LogP contribution >= 0.6 is 0 Å². The molecule has 2 rings (SSSR count). The van der Waals surface area contributed by atoms with Crippen LogP contribution in [0.4, 0.5) is 0 Å². The fraction of sp³-hybridized carbons (Fsp3) is 0.200. The number of hydrogen-bond acceptors (Lipinski definition) is 3. The fourth-order valence-electron chi connectivity index (χ4n) is 1.49. The lowest BCUT2D eigenvalue weighted by atomic mass is 10.2. The summed E-state index contributed by atoms with van der Waals surface area (Å²) in [5.74, 6) is -0.669. The summed E-state index contributed by atoms with van der Waals surface area (Å²) in [5.41, 5.74) is 1.62. The number of methoxy groups -OCH3 is 1. The van der Waals surface area contributed by atoms with Gasteiger partial charge < -0.3 is 14.4 Å². The van der Waals surface area contributed by atoms with Gasteiger partial charge in [0.1, 0.15) is 11.3 Å². The third-order valence-electron chi connectivity index (χ3n) is 2.28. The molecule has 0 aliphatic heterocycles. The average Bonchev–Trinajstić information content (AvgIpc) is 2.58. The number of imidazole rings is 1. The molecule has 0 saturated heterocycles. The van der Waals surface area contributed by atoms with E-state index in [1.54, 1.807) is 12.4 Å². The smallest absolute Gasteiger partial charge is 0.339 e. The van der Waals surface area contributed by atoms with Crippen LogP contribution < -0.4 is 4.74 Å². The summed E-state index contributed by atoms with van der Waals surface area (Å²) in [6, 6.07) is 3.18. The van der Waals surface area contributed by atoms with Gasteiger partial charge in [-0.1, -0.05) is 0 Å². The Balaban J connectivity index is 2.76. The lowest BCUT2D eigenvalue weighted by molar-refractivity contribution is 0.0693. The maximum absolute atomic E-state index is 10.9. The van der Waals surface area contributed by atoms with Crippen molar-refractivity contribution in [1.29, 1.82) is 0 Å². The molecule has 1 aromatic heterocycles. The van der Waals surface area contributed by atoms with Gasteiger partial charge in [-0.2, -0.15) is 0 Å². The van der Waals surface area contributed by atoms with Gasteiger partial charge in [0, 0.05) is 13.1 Å². The molecule has 78 valence electrons. The molecule has 0 spiro atoms. The Bertz CT molecular complexity index is 531. The Morgan fingerprint density at radius 1 is 1.53 bits per heavy atom. The second-order valence-corrected chi connectivity index (χ2v) is 3.20. The molecule has 0 fully saturated rings. The molecule has 5 heteroatoms. The highest BCUT2D eigenvalue weighted by Gasteiger charge is 2.13. The van der Waals surface area contributed by atoms with Crippen molar-refractivity contribution in [2.75, 3.05) is 7.11 Å². The summed E-state index contributed by atoms with van der Waals surface area (Å²) in [4.78, 5) is 15.0. The van der Waals surface area contributed by atoms with Crippen LogP contribution in [0.15, 0.2) is 18.5 Å². The van der Waals surface area contributed by atoms with Crippen molar-refractivity contribution in [1.82, 2.24) is 9.55 Å². The highest BCUT2D eigenvalue weighted by atomic mass is 16.5. The van der Waals surface area contributed by atoms with Crippen LogP contribution in [0.1, 0.15) is 10.4 Å². The number of carboxylic acid groups (broad SMARTS) is 1. The van der Waals surface area contributed by atoms with E-state index in [4.69, 9.17) is 9.84 Å². The molecule has 0 unspecified atom stereocenters. The summed E-state index contributed by atoms with van der Waals surface area (Å²) in [5, 5.41) is 8.95. The maximum atomic E-state index is 10.9. The van der Waals surface area contributed by atoms with E-state index >= 15 is 0 Å². The molecule has 1 heterocycles. The van der Waals surface area contributed by atoms with Crippen LogP contribution in [0, 0.1) is 0 Å². The summed E-state index contributed by atoms with van der Waals surface area (Å²) < 4.78 is 6.83. The van der Waals surface area contributed by atoms with E-state index < -0.39 is 5.97 Å². The van der Waals surface area contributed by atoms with Gasteiger partial charge in [0.25, 0.3) is 0 Å². The zero-order valence-corrected chi connectivity index (χ0v) is 8.39. The molecule has 0 aliphatic carbocycles. The van der Waals surface area contributed by atoms with Crippen LogP contribution in [0.25, 0.3) is 11.0 Å². The summed E-state index contributed by atoms with van der Waals surface area (Å²) in [7, 11) is 3.29. The second-order valence-electron chi connectivity index (χ2n) is 3.20. The molecule has 1 aromatic carbocycles. The standard InChI is InChI=1S/C10H10N2O3/c1-12-5-11-7-3-6(10(13)14)9(15-2)4-8(7)12/h3-5H,1-2H3,(H,13,14). The monoisotopic (exact) mass is 206 g/mol. The highest BCUT2D eigenvalue weighted by Crippen LogP contribution is 2.24. The van der Waals surface area contributed by atoms with Gasteiger partial charge in [-0.15, -0.1) is 0 Å². The van der Waals surface area contributed by atoms with Crippen molar-refractivity contribution in [3.63, 3.8) is 0 Å². The lowest BCUT2D eigenvalue weighted by Crippen LogP contribution is -2.00. The number of aromatic carboxylic acids is 1. The van der Waals surface area contributed by atoms with Gasteiger partial charge >= 0.3 is 5.97 Å². The van der Waals surface area contributed by atoms with Gasteiger partial charge in [-0.3, -0.25) is 0 Å². The first-order valence-corrected chi connectivity index (χ1v) is 4.36. The first kappa shape index (κ1) is 9.51. The van der Waals surface area contributed by atoms with E-state index in [-0.39, 0.29) is 5.56 Å². The van der Waals surface area contributed by atoms with Crippen molar-refractivity contribution >= 4 is 17.0 Å². The van der Waals surface area contributed by atoms with Gasteiger partial charge in [0.2, 0.25) is 0 Å². The number of rotatable bonds is 2. The summed E-state index contributed by atoms with van der Waals surface area (Å²) in [6.07, 6.45) is 1.63. The van der Waals surface area contributed by atoms with Gasteiger partial charge in [0.05, 0.1) is 24.5 Å². The number of hydrogen-bond donors (Lipinski definition) is 1. The minimum atomic E-state index is -1.01. The number of aromatic nitrogens is 2. The van der Waals surface area contributed by atoms with E-state index in [9.17, 15) is 4.79 Å². The molecular formula is C10H10N2O3. The third kappa shape index (κ3) is 1.41. The Morgan fingerprint density at radius 2 is 2.27 bits per heavy atom. The molecule has 0 bridgehead atoms. The Hall–Kier alpha value is -2.04. The quantitative estimate of drug-likeness (QED) is 0.803. The molecule has 0 radical (unpaired) electrons.